The van der Waals surface area contributed by atoms with E-state index in [0.29, 0.717) is 24.7 Å². The highest BCUT2D eigenvalue weighted by Crippen LogP contribution is 2.40. The SMILES string of the molecule is CC(=O)NC1CCN(c2cc(Cl)nc(OC[C@@]34CCCN3C[C@H](F)C4)n2)CC1. The first-order chi connectivity index (χ1) is 13.4. The number of ether oxygens (including phenoxy) is 1. The molecule has 0 radical (unpaired) electrons. The normalized spacial score (nSPS) is 28.4. The van der Waals surface area contributed by atoms with Gasteiger partial charge in [-0.25, -0.2) is 4.39 Å². The van der Waals surface area contributed by atoms with Gasteiger partial charge in [0.1, 0.15) is 23.7 Å². The van der Waals surface area contributed by atoms with Crippen molar-refractivity contribution in [3.8, 4) is 6.01 Å². The van der Waals surface area contributed by atoms with Gasteiger partial charge < -0.3 is 15.0 Å². The molecule has 0 aromatic carbocycles. The van der Waals surface area contributed by atoms with Crippen molar-refractivity contribution < 1.29 is 13.9 Å². The first-order valence-corrected chi connectivity index (χ1v) is 10.4. The van der Waals surface area contributed by atoms with Gasteiger partial charge in [-0.3, -0.25) is 9.69 Å². The van der Waals surface area contributed by atoms with Gasteiger partial charge in [-0.2, -0.15) is 9.97 Å². The lowest BCUT2D eigenvalue weighted by molar-refractivity contribution is -0.119. The standard InChI is InChI=1S/C19H27ClFN5O2/c1-13(27)22-15-3-7-25(8-4-15)17-9-16(20)23-18(24-17)28-12-19-5-2-6-26(19)11-14(21)10-19/h9,14-15H,2-8,10-12H2,1H3,(H,22,27)/t14-,19+/m1/s1. The maximum absolute atomic E-state index is 13.9. The minimum Gasteiger partial charge on any atom is -0.461 e. The van der Waals surface area contributed by atoms with E-state index in [2.05, 4.69) is 25.1 Å². The Bertz CT molecular complexity index is 730. The number of piperidine rings is 1. The van der Waals surface area contributed by atoms with Crippen molar-refractivity contribution >= 4 is 23.3 Å². The molecule has 4 rings (SSSR count). The Morgan fingerprint density at radius 2 is 2.18 bits per heavy atom. The molecule has 3 saturated heterocycles. The van der Waals surface area contributed by atoms with Crippen LogP contribution in [0.5, 0.6) is 6.01 Å². The first-order valence-electron chi connectivity index (χ1n) is 10.0. The summed E-state index contributed by atoms with van der Waals surface area (Å²) in [5.41, 5.74) is -0.234. The zero-order valence-electron chi connectivity index (χ0n) is 16.2. The highest BCUT2D eigenvalue weighted by atomic mass is 35.5. The van der Waals surface area contributed by atoms with Crippen LogP contribution in [0.15, 0.2) is 6.07 Å². The van der Waals surface area contributed by atoms with Gasteiger partial charge in [0.2, 0.25) is 5.91 Å². The minimum absolute atomic E-state index is 0.00183. The van der Waals surface area contributed by atoms with Crippen LogP contribution < -0.4 is 15.0 Å². The molecule has 0 aliphatic carbocycles. The average molecular weight is 412 g/mol. The summed E-state index contributed by atoms with van der Waals surface area (Å²) in [5.74, 6) is 0.730. The van der Waals surface area contributed by atoms with E-state index in [1.165, 1.54) is 0 Å². The Labute approximate surface area is 169 Å². The number of hydrogen-bond acceptors (Lipinski definition) is 6. The van der Waals surface area contributed by atoms with E-state index in [-0.39, 0.29) is 23.5 Å². The van der Waals surface area contributed by atoms with Gasteiger partial charge in [0.15, 0.2) is 0 Å². The van der Waals surface area contributed by atoms with Crippen molar-refractivity contribution in [2.75, 3.05) is 37.7 Å². The molecule has 1 amide bonds. The summed E-state index contributed by atoms with van der Waals surface area (Å²) in [4.78, 5) is 24.3. The maximum Gasteiger partial charge on any atom is 0.319 e. The van der Waals surface area contributed by atoms with Gasteiger partial charge in [-0.1, -0.05) is 11.6 Å². The number of rotatable bonds is 5. The highest BCUT2D eigenvalue weighted by molar-refractivity contribution is 6.29. The van der Waals surface area contributed by atoms with E-state index in [1.54, 1.807) is 13.0 Å². The molecule has 4 heterocycles. The second-order valence-corrected chi connectivity index (χ2v) is 8.54. The number of amides is 1. The fraction of sp³-hybridized carbons (Fsp3) is 0.737. The number of carbonyl (C=O) groups is 1. The highest BCUT2D eigenvalue weighted by Gasteiger charge is 2.49. The van der Waals surface area contributed by atoms with Gasteiger partial charge in [0, 0.05) is 45.1 Å². The molecule has 0 unspecified atom stereocenters. The number of fused-ring (bicyclic) bond motifs is 1. The quantitative estimate of drug-likeness (QED) is 0.749. The second kappa shape index (κ2) is 7.99. The van der Waals surface area contributed by atoms with Crippen LogP contribution in [0.25, 0.3) is 0 Å². The second-order valence-electron chi connectivity index (χ2n) is 8.16. The fourth-order valence-corrected chi connectivity index (χ4v) is 4.97. The largest absolute Gasteiger partial charge is 0.461 e. The van der Waals surface area contributed by atoms with Crippen LogP contribution in [0.4, 0.5) is 10.2 Å². The molecule has 0 spiro atoms. The van der Waals surface area contributed by atoms with Crippen molar-refractivity contribution in [2.45, 2.75) is 56.8 Å². The summed E-state index contributed by atoms with van der Waals surface area (Å²) >= 11 is 6.21. The molecule has 1 aromatic heterocycles. The van der Waals surface area contributed by atoms with Crippen molar-refractivity contribution in [1.82, 2.24) is 20.2 Å². The average Bonchev–Trinajstić information content (AvgIpc) is 3.15. The van der Waals surface area contributed by atoms with E-state index in [1.807, 2.05) is 0 Å². The molecular formula is C19H27ClFN5O2. The predicted molar refractivity (Wildman–Crippen MR) is 105 cm³/mol. The summed E-state index contributed by atoms with van der Waals surface area (Å²) in [6.07, 6.45) is 3.45. The van der Waals surface area contributed by atoms with Crippen molar-refractivity contribution in [2.24, 2.45) is 0 Å². The number of alkyl halides is 1. The van der Waals surface area contributed by atoms with Crippen LogP contribution in [-0.4, -0.2) is 71.3 Å². The molecule has 1 N–H and O–H groups in total. The number of anilines is 1. The van der Waals surface area contributed by atoms with E-state index in [9.17, 15) is 9.18 Å². The Hall–Kier alpha value is -1.67. The van der Waals surface area contributed by atoms with E-state index < -0.39 is 6.17 Å². The lowest BCUT2D eigenvalue weighted by atomic mass is 9.95. The number of halogens is 2. The summed E-state index contributed by atoms with van der Waals surface area (Å²) in [7, 11) is 0. The van der Waals surface area contributed by atoms with Crippen molar-refractivity contribution in [1.29, 1.82) is 0 Å². The summed E-state index contributed by atoms with van der Waals surface area (Å²) in [6.45, 7) is 4.90. The van der Waals surface area contributed by atoms with Crippen LogP contribution in [0, 0.1) is 0 Å². The van der Waals surface area contributed by atoms with Gasteiger partial charge in [-0.15, -0.1) is 0 Å². The van der Waals surface area contributed by atoms with Crippen LogP contribution in [-0.2, 0) is 4.79 Å². The van der Waals surface area contributed by atoms with Crippen LogP contribution in [0.3, 0.4) is 0 Å². The number of aromatic nitrogens is 2. The van der Waals surface area contributed by atoms with Gasteiger partial charge >= 0.3 is 6.01 Å². The summed E-state index contributed by atoms with van der Waals surface area (Å²) in [6, 6.07) is 2.18. The Morgan fingerprint density at radius 3 is 2.93 bits per heavy atom. The van der Waals surface area contributed by atoms with Gasteiger partial charge in [0.25, 0.3) is 0 Å². The molecule has 3 aliphatic heterocycles. The lowest BCUT2D eigenvalue weighted by Crippen LogP contribution is -2.44. The first kappa shape index (κ1) is 19.6. The maximum atomic E-state index is 13.9. The third kappa shape index (κ3) is 4.17. The van der Waals surface area contributed by atoms with E-state index >= 15 is 0 Å². The Morgan fingerprint density at radius 1 is 1.39 bits per heavy atom. The molecule has 7 nitrogen and oxygen atoms in total. The van der Waals surface area contributed by atoms with Crippen LogP contribution in [0.1, 0.15) is 39.0 Å². The van der Waals surface area contributed by atoms with Crippen LogP contribution >= 0.6 is 11.6 Å². The monoisotopic (exact) mass is 411 g/mol. The van der Waals surface area contributed by atoms with Gasteiger partial charge in [0.05, 0.1) is 5.54 Å². The molecule has 9 heteroatoms. The molecule has 154 valence electrons. The fourth-order valence-electron chi connectivity index (χ4n) is 4.80. The van der Waals surface area contributed by atoms with Crippen LogP contribution in [0.2, 0.25) is 5.15 Å². The van der Waals surface area contributed by atoms with Gasteiger partial charge in [-0.05, 0) is 32.2 Å². The number of carbonyl (C=O) groups excluding carboxylic acids is 1. The number of nitrogens with zero attached hydrogens (tertiary/aromatic N) is 4. The Balaban J connectivity index is 1.40. The number of hydrogen-bond donors (Lipinski definition) is 1. The third-order valence-corrected chi connectivity index (χ3v) is 6.31. The molecule has 28 heavy (non-hydrogen) atoms. The minimum atomic E-state index is -0.787. The topological polar surface area (TPSA) is 70.6 Å². The number of nitrogens with one attached hydrogen (secondary N) is 1. The molecule has 0 saturated carbocycles. The van der Waals surface area contributed by atoms with Crippen molar-refractivity contribution in [3.63, 3.8) is 0 Å². The van der Waals surface area contributed by atoms with E-state index in [4.69, 9.17) is 16.3 Å². The molecule has 0 bridgehead atoms. The zero-order chi connectivity index (χ0) is 19.7. The molecule has 2 atom stereocenters. The lowest BCUT2D eigenvalue weighted by Gasteiger charge is -2.33. The molecule has 3 aliphatic rings. The Kier molecular flexibility index (Phi) is 5.60. The van der Waals surface area contributed by atoms with E-state index in [0.717, 1.165) is 51.1 Å². The third-order valence-electron chi connectivity index (χ3n) is 6.12. The zero-order valence-corrected chi connectivity index (χ0v) is 16.9. The smallest absolute Gasteiger partial charge is 0.319 e. The molecular weight excluding hydrogens is 385 g/mol. The summed E-state index contributed by atoms with van der Waals surface area (Å²) in [5, 5.41) is 3.30. The predicted octanol–water partition coefficient (Wildman–Crippen LogP) is 2.19. The van der Waals surface area contributed by atoms with Crippen molar-refractivity contribution in [3.05, 3.63) is 11.2 Å². The molecule has 3 fully saturated rings. The molecule has 1 aromatic rings. The summed E-state index contributed by atoms with van der Waals surface area (Å²) < 4.78 is 19.8.